The first kappa shape index (κ1) is 22.1. The molecular weight excluding hydrogens is 326 g/mol. The van der Waals surface area contributed by atoms with Crippen molar-refractivity contribution in [3.8, 4) is 0 Å². The molecule has 0 N–H and O–H groups in total. The molecule has 2 fully saturated rings. The Labute approximate surface area is 161 Å². The molecule has 1 aliphatic carbocycles. The molecule has 0 aromatic rings. The lowest BCUT2D eigenvalue weighted by atomic mass is 9.57. The average Bonchev–Trinajstić information content (AvgIpc) is 2.41. The van der Waals surface area contributed by atoms with Crippen molar-refractivity contribution in [1.82, 2.24) is 5.06 Å². The Morgan fingerprint density at radius 1 is 0.808 bits per heavy atom. The van der Waals surface area contributed by atoms with E-state index in [1.807, 2.05) is 0 Å². The second-order valence-corrected chi connectivity index (χ2v) is 10.6. The maximum atomic E-state index is 5.93. The second kappa shape index (κ2) is 9.36. The molecule has 4 nitrogen and oxygen atoms in total. The molecule has 154 valence electrons. The molecule has 1 saturated heterocycles. The van der Waals surface area contributed by atoms with Crippen LogP contribution in [0.2, 0.25) is 0 Å². The lowest BCUT2D eigenvalue weighted by molar-refractivity contribution is -0.316. The molecular formula is C22H43NO3. The van der Waals surface area contributed by atoms with E-state index in [0.717, 1.165) is 51.7 Å². The van der Waals surface area contributed by atoms with Crippen LogP contribution in [0, 0.1) is 11.3 Å². The molecule has 1 spiro atoms. The molecule has 0 bridgehead atoms. The maximum Gasteiger partial charge on any atom is 0.0815 e. The summed E-state index contributed by atoms with van der Waals surface area (Å²) in [4.78, 5) is 5.93. The number of hydroxylamine groups is 2. The van der Waals surface area contributed by atoms with E-state index in [1.165, 1.54) is 32.1 Å². The molecule has 4 heteroatoms. The third kappa shape index (κ3) is 8.24. The van der Waals surface area contributed by atoms with Crippen LogP contribution in [0.1, 0.15) is 86.5 Å². The van der Waals surface area contributed by atoms with Crippen molar-refractivity contribution < 1.29 is 14.3 Å². The minimum atomic E-state index is -0.0512. The summed E-state index contributed by atoms with van der Waals surface area (Å²) in [6.07, 6.45) is 8.92. The number of hydrogen-bond donors (Lipinski definition) is 0. The normalized spacial score (nSPS) is 21.0. The van der Waals surface area contributed by atoms with E-state index in [-0.39, 0.29) is 11.2 Å². The number of nitrogens with zero attached hydrogens (tertiary/aromatic N) is 1. The van der Waals surface area contributed by atoms with E-state index in [9.17, 15) is 0 Å². The highest BCUT2D eigenvalue weighted by Gasteiger charge is 2.52. The summed E-state index contributed by atoms with van der Waals surface area (Å²) >= 11 is 0. The molecule has 0 aromatic heterocycles. The summed E-state index contributed by atoms with van der Waals surface area (Å²) < 4.78 is 11.5. The van der Waals surface area contributed by atoms with Crippen LogP contribution in [-0.4, -0.2) is 49.2 Å². The second-order valence-electron chi connectivity index (χ2n) is 10.6. The number of rotatable bonds is 11. The summed E-state index contributed by atoms with van der Waals surface area (Å²) in [5.74, 6) is 0.946. The van der Waals surface area contributed by atoms with E-state index < -0.39 is 0 Å². The highest BCUT2D eigenvalue weighted by atomic mass is 16.7. The van der Waals surface area contributed by atoms with Crippen LogP contribution in [0.5, 0.6) is 0 Å². The Morgan fingerprint density at radius 2 is 1.38 bits per heavy atom. The van der Waals surface area contributed by atoms with Gasteiger partial charge in [-0.3, -0.25) is 4.84 Å². The van der Waals surface area contributed by atoms with Crippen LogP contribution < -0.4 is 0 Å². The van der Waals surface area contributed by atoms with Gasteiger partial charge >= 0.3 is 0 Å². The molecule has 0 atom stereocenters. The topological polar surface area (TPSA) is 30.9 Å². The highest BCUT2D eigenvalue weighted by Crippen LogP contribution is 2.53. The lowest BCUT2D eigenvalue weighted by Crippen LogP contribution is -2.63. The summed E-state index contributed by atoms with van der Waals surface area (Å²) in [5.41, 5.74) is 0.532. The molecule has 2 rings (SSSR count). The Hall–Kier alpha value is -0.160. The monoisotopic (exact) mass is 369 g/mol. The Bertz CT molecular complexity index is 397. The summed E-state index contributed by atoms with van der Waals surface area (Å²) in [7, 11) is 0. The van der Waals surface area contributed by atoms with Crippen molar-refractivity contribution in [1.29, 1.82) is 0 Å². The third-order valence-electron chi connectivity index (χ3n) is 5.24. The zero-order chi connectivity index (χ0) is 19.3. The van der Waals surface area contributed by atoms with E-state index in [4.69, 9.17) is 14.3 Å². The van der Waals surface area contributed by atoms with Crippen LogP contribution in [-0.2, 0) is 14.3 Å². The fraction of sp³-hybridized carbons (Fsp3) is 1.00. The van der Waals surface area contributed by atoms with Gasteiger partial charge in [-0.2, -0.15) is 5.06 Å². The SMILES string of the molecule is CC(C)(C)OCCCCOCCCCC1CC2(C1)CN(OC(C)(C)C)C2. The zero-order valence-corrected chi connectivity index (χ0v) is 18.2. The lowest BCUT2D eigenvalue weighted by Gasteiger charge is -2.59. The minimum absolute atomic E-state index is 0.0155. The first-order valence-electron chi connectivity index (χ1n) is 10.7. The van der Waals surface area contributed by atoms with Crippen molar-refractivity contribution in [2.75, 3.05) is 32.9 Å². The van der Waals surface area contributed by atoms with Crippen molar-refractivity contribution in [2.45, 2.75) is 97.7 Å². The van der Waals surface area contributed by atoms with Crippen LogP contribution >= 0.6 is 0 Å². The molecule has 1 heterocycles. The molecule has 1 aliphatic heterocycles. The van der Waals surface area contributed by atoms with Gasteiger partial charge in [0.1, 0.15) is 0 Å². The van der Waals surface area contributed by atoms with Gasteiger partial charge in [-0.05, 0) is 79.6 Å². The minimum Gasteiger partial charge on any atom is -0.381 e. The zero-order valence-electron chi connectivity index (χ0n) is 18.2. The number of unbranched alkanes of at least 4 members (excludes halogenated alkanes) is 2. The van der Waals surface area contributed by atoms with Crippen LogP contribution in [0.25, 0.3) is 0 Å². The van der Waals surface area contributed by atoms with Gasteiger partial charge in [0.25, 0.3) is 0 Å². The summed E-state index contributed by atoms with van der Waals surface area (Å²) in [5, 5.41) is 2.16. The smallest absolute Gasteiger partial charge is 0.0815 e. The first-order valence-corrected chi connectivity index (χ1v) is 10.7. The Kier molecular flexibility index (Phi) is 7.97. The molecule has 0 radical (unpaired) electrons. The predicted molar refractivity (Wildman–Crippen MR) is 107 cm³/mol. The standard InChI is InChI=1S/C22H43NO3/c1-20(2,3)25-14-10-9-13-24-12-8-7-11-19-15-22(16-19)17-23(18-22)26-21(4,5)6/h19H,7-18H2,1-6H3. The number of hydrogen-bond acceptors (Lipinski definition) is 4. The van der Waals surface area contributed by atoms with E-state index >= 15 is 0 Å². The third-order valence-corrected chi connectivity index (χ3v) is 5.24. The van der Waals surface area contributed by atoms with Crippen molar-refractivity contribution in [3.05, 3.63) is 0 Å². The van der Waals surface area contributed by atoms with Gasteiger partial charge in [0.15, 0.2) is 0 Å². The fourth-order valence-electron chi connectivity index (χ4n) is 4.20. The highest BCUT2D eigenvalue weighted by molar-refractivity contribution is 5.02. The molecule has 1 saturated carbocycles. The van der Waals surface area contributed by atoms with Crippen molar-refractivity contribution >= 4 is 0 Å². The summed E-state index contributed by atoms with van der Waals surface area (Å²) in [6, 6.07) is 0. The van der Waals surface area contributed by atoms with E-state index in [2.05, 4.69) is 46.6 Å². The molecule has 2 aliphatic rings. The van der Waals surface area contributed by atoms with Crippen LogP contribution in [0.4, 0.5) is 0 Å². The number of ether oxygens (including phenoxy) is 2. The predicted octanol–water partition coefficient (Wildman–Crippen LogP) is 5.21. The van der Waals surface area contributed by atoms with Crippen LogP contribution in [0.15, 0.2) is 0 Å². The largest absolute Gasteiger partial charge is 0.381 e. The molecule has 0 aromatic carbocycles. The molecule has 26 heavy (non-hydrogen) atoms. The van der Waals surface area contributed by atoms with Gasteiger partial charge < -0.3 is 9.47 Å². The fourth-order valence-corrected chi connectivity index (χ4v) is 4.20. The summed E-state index contributed by atoms with van der Waals surface area (Å²) in [6.45, 7) is 17.6. The Morgan fingerprint density at radius 3 is 1.96 bits per heavy atom. The average molecular weight is 370 g/mol. The van der Waals surface area contributed by atoms with Gasteiger partial charge in [0, 0.05) is 38.3 Å². The molecule has 0 unspecified atom stereocenters. The van der Waals surface area contributed by atoms with Gasteiger partial charge in [0.2, 0.25) is 0 Å². The van der Waals surface area contributed by atoms with E-state index in [1.54, 1.807) is 0 Å². The molecule has 0 amide bonds. The Balaban J connectivity index is 1.35. The van der Waals surface area contributed by atoms with Crippen molar-refractivity contribution in [3.63, 3.8) is 0 Å². The maximum absolute atomic E-state index is 5.93. The van der Waals surface area contributed by atoms with Gasteiger partial charge in [0.05, 0.1) is 11.2 Å². The first-order chi connectivity index (χ1) is 12.1. The van der Waals surface area contributed by atoms with Crippen molar-refractivity contribution in [2.24, 2.45) is 11.3 Å². The van der Waals surface area contributed by atoms with Gasteiger partial charge in [-0.25, -0.2) is 0 Å². The van der Waals surface area contributed by atoms with Crippen LogP contribution in [0.3, 0.4) is 0 Å². The van der Waals surface area contributed by atoms with Gasteiger partial charge in [-0.15, -0.1) is 0 Å². The quantitative estimate of drug-likeness (QED) is 0.468. The van der Waals surface area contributed by atoms with E-state index in [0.29, 0.717) is 5.41 Å². The van der Waals surface area contributed by atoms with Gasteiger partial charge in [-0.1, -0.05) is 12.8 Å².